The quantitative estimate of drug-likeness (QED) is 0.328. The van der Waals surface area contributed by atoms with Crippen molar-refractivity contribution in [2.24, 2.45) is 0 Å². The summed E-state index contributed by atoms with van der Waals surface area (Å²) in [6.07, 6.45) is 0.971. The number of sulfone groups is 1. The summed E-state index contributed by atoms with van der Waals surface area (Å²) in [6.45, 7) is 3.75. The van der Waals surface area contributed by atoms with Gasteiger partial charge in [0.15, 0.2) is 11.6 Å². The third kappa shape index (κ3) is 6.11. The Kier molecular flexibility index (Phi) is 8.87. The van der Waals surface area contributed by atoms with Crippen LogP contribution in [0.4, 0.5) is 0 Å². The molecule has 2 aromatic carbocycles. The molecule has 1 amide bonds. The number of primary amides is 1. The topological polar surface area (TPSA) is 131 Å². The van der Waals surface area contributed by atoms with Gasteiger partial charge in [-0.2, -0.15) is 0 Å². The number of nitrogens with two attached hydrogens (primary N) is 1. The Hall–Kier alpha value is -2.83. The second kappa shape index (κ2) is 11.2. The van der Waals surface area contributed by atoms with Crippen LogP contribution in [0.2, 0.25) is 0 Å². The molecule has 1 heterocycles. The molecule has 3 aromatic rings. The van der Waals surface area contributed by atoms with Crippen molar-refractivity contribution in [3.63, 3.8) is 0 Å². The largest absolute Gasteiger partial charge is 1.00 e. The number of carboxylic acid groups (broad SMARTS) is 1. The molecule has 0 saturated heterocycles. The molecule has 0 saturated carbocycles. The van der Waals surface area contributed by atoms with Crippen molar-refractivity contribution in [1.29, 1.82) is 0 Å². The van der Waals surface area contributed by atoms with Gasteiger partial charge in [0, 0.05) is 5.56 Å². The standard InChI is InChI=1S/C22H20N2O6S.HI/c1-2-18-21(22(24-30-18)16-6-4-3-5-7-16)15-8-10-17(11-9-15)31(28,29)14-23-19(25)12-13-20(26)27;/h2-11H,1,12-14H2,(H,23,25)(H,26,27);1H. The molecular weight excluding hydrogens is 547 g/mol. The zero-order valence-electron chi connectivity index (χ0n) is 16.9. The molecule has 32 heavy (non-hydrogen) atoms. The van der Waals surface area contributed by atoms with Gasteiger partial charge in [-0.15, -0.1) is 0 Å². The molecule has 0 fully saturated rings. The number of carboxylic acids is 1. The van der Waals surface area contributed by atoms with Crippen LogP contribution in [-0.4, -0.2) is 36.4 Å². The van der Waals surface area contributed by atoms with Crippen molar-refractivity contribution in [3.8, 4) is 22.4 Å². The number of nitrogens with zero attached hydrogens (tertiary/aromatic N) is 1. The van der Waals surface area contributed by atoms with E-state index in [1.807, 2.05) is 30.3 Å². The highest BCUT2D eigenvalue weighted by atomic mass is 127. The summed E-state index contributed by atoms with van der Waals surface area (Å²) in [5, 5.41) is 13.7. The number of quaternary nitrogens is 1. The van der Waals surface area contributed by atoms with E-state index in [-0.39, 0.29) is 41.7 Å². The fourth-order valence-electron chi connectivity index (χ4n) is 2.97. The Labute approximate surface area is 202 Å². The van der Waals surface area contributed by atoms with Crippen molar-refractivity contribution in [3.05, 3.63) is 66.9 Å². The van der Waals surface area contributed by atoms with E-state index in [1.54, 1.807) is 12.1 Å². The zero-order valence-corrected chi connectivity index (χ0v) is 19.9. The number of carbonyl (C=O) groups is 2. The molecule has 10 heteroatoms. The lowest BCUT2D eigenvalue weighted by Crippen LogP contribution is -3.00. The molecular formula is C22H21IN2O6S. The average molecular weight is 568 g/mol. The number of rotatable bonds is 9. The van der Waals surface area contributed by atoms with E-state index in [0.717, 1.165) is 10.9 Å². The van der Waals surface area contributed by atoms with Crippen LogP contribution in [0.1, 0.15) is 18.6 Å². The normalized spacial score (nSPS) is 10.9. The molecule has 3 N–H and O–H groups in total. The summed E-state index contributed by atoms with van der Waals surface area (Å²) >= 11 is 0. The first-order chi connectivity index (χ1) is 14.8. The maximum atomic E-state index is 12.5. The van der Waals surface area contributed by atoms with Crippen molar-refractivity contribution in [2.75, 3.05) is 5.88 Å². The lowest BCUT2D eigenvalue weighted by Gasteiger charge is -2.06. The van der Waals surface area contributed by atoms with Crippen LogP contribution in [0.5, 0.6) is 0 Å². The van der Waals surface area contributed by atoms with Crippen LogP contribution in [-0.2, 0) is 19.4 Å². The zero-order chi connectivity index (χ0) is 22.4. The minimum Gasteiger partial charge on any atom is -1.00 e. The van der Waals surface area contributed by atoms with Crippen LogP contribution in [0.25, 0.3) is 28.5 Å². The summed E-state index contributed by atoms with van der Waals surface area (Å²) in [5.74, 6) is -1.66. The molecule has 0 radical (unpaired) electrons. The number of hydrogen-bond donors (Lipinski definition) is 2. The molecule has 0 aliphatic carbocycles. The molecule has 0 aliphatic heterocycles. The lowest BCUT2D eigenvalue weighted by atomic mass is 9.99. The number of amides is 1. The molecule has 8 nitrogen and oxygen atoms in total. The Balaban J connectivity index is 0.00000363. The summed E-state index contributed by atoms with van der Waals surface area (Å²) in [4.78, 5) is 22.2. The third-order valence-electron chi connectivity index (χ3n) is 4.57. The summed E-state index contributed by atoms with van der Waals surface area (Å²) in [5.41, 5.74) is 2.86. The van der Waals surface area contributed by atoms with Gasteiger partial charge in [0.05, 0.1) is 23.3 Å². The summed E-state index contributed by atoms with van der Waals surface area (Å²) in [6, 6.07) is 15.6. The maximum Gasteiger partial charge on any atom is 0.311 e. The molecule has 0 unspecified atom stereocenters. The Morgan fingerprint density at radius 2 is 1.69 bits per heavy atom. The third-order valence-corrected chi connectivity index (χ3v) is 6.16. The van der Waals surface area contributed by atoms with Gasteiger partial charge in [-0.3, -0.25) is 10.1 Å². The molecule has 0 bridgehead atoms. The molecule has 168 valence electrons. The molecule has 3 rings (SSSR count). The second-order valence-corrected chi connectivity index (χ2v) is 8.74. The number of aliphatic carboxylic acids is 1. The SMILES string of the molecule is C=Cc1onc(-c2ccccc2)c1-c1ccc(S(=O)(=O)C[NH2+]C(=O)CCC(=O)O)cc1.[I-]. The molecule has 0 spiro atoms. The molecule has 0 atom stereocenters. The van der Waals surface area contributed by atoms with Gasteiger partial charge in [-0.1, -0.05) is 54.2 Å². The van der Waals surface area contributed by atoms with E-state index in [1.165, 1.54) is 18.2 Å². The van der Waals surface area contributed by atoms with E-state index < -0.39 is 27.6 Å². The first-order valence-corrected chi connectivity index (χ1v) is 11.1. The van der Waals surface area contributed by atoms with E-state index in [2.05, 4.69) is 11.7 Å². The van der Waals surface area contributed by atoms with Crippen LogP contribution in [0.3, 0.4) is 0 Å². The second-order valence-electron chi connectivity index (χ2n) is 6.71. The van der Waals surface area contributed by atoms with Crippen molar-refractivity contribution in [1.82, 2.24) is 5.16 Å². The van der Waals surface area contributed by atoms with E-state index in [0.29, 0.717) is 22.6 Å². The molecule has 1 aromatic heterocycles. The van der Waals surface area contributed by atoms with Crippen LogP contribution in [0, 0.1) is 0 Å². The lowest BCUT2D eigenvalue weighted by molar-refractivity contribution is -0.550. The van der Waals surface area contributed by atoms with E-state index >= 15 is 0 Å². The summed E-state index contributed by atoms with van der Waals surface area (Å²) < 4.78 is 30.5. The van der Waals surface area contributed by atoms with Gasteiger partial charge in [-0.25, -0.2) is 13.2 Å². The van der Waals surface area contributed by atoms with Crippen molar-refractivity contribution in [2.45, 2.75) is 17.7 Å². The first kappa shape index (κ1) is 25.4. The summed E-state index contributed by atoms with van der Waals surface area (Å²) in [7, 11) is -3.74. The van der Waals surface area contributed by atoms with E-state index in [9.17, 15) is 18.0 Å². The highest BCUT2D eigenvalue weighted by Gasteiger charge is 2.22. The highest BCUT2D eigenvalue weighted by molar-refractivity contribution is 7.91. The molecule has 0 aliphatic rings. The minimum atomic E-state index is -3.74. The van der Waals surface area contributed by atoms with Gasteiger partial charge < -0.3 is 33.6 Å². The Morgan fingerprint density at radius 1 is 1.03 bits per heavy atom. The number of halogens is 1. The predicted octanol–water partition coefficient (Wildman–Crippen LogP) is -0.658. The van der Waals surface area contributed by atoms with Gasteiger partial charge in [0.25, 0.3) is 0 Å². The Morgan fingerprint density at radius 3 is 2.28 bits per heavy atom. The Bertz CT molecular complexity index is 1200. The van der Waals surface area contributed by atoms with Crippen LogP contribution >= 0.6 is 0 Å². The van der Waals surface area contributed by atoms with E-state index in [4.69, 9.17) is 9.63 Å². The van der Waals surface area contributed by atoms with Crippen LogP contribution < -0.4 is 29.3 Å². The monoisotopic (exact) mass is 568 g/mol. The number of benzene rings is 2. The fraction of sp³-hybridized carbons (Fsp3) is 0.136. The van der Waals surface area contributed by atoms with Crippen molar-refractivity contribution >= 4 is 27.8 Å². The van der Waals surface area contributed by atoms with Crippen LogP contribution in [0.15, 0.2) is 70.6 Å². The van der Waals surface area contributed by atoms with Gasteiger partial charge >= 0.3 is 11.9 Å². The minimum absolute atomic E-state index is 0. The fourth-order valence-corrected chi connectivity index (χ4v) is 4.12. The highest BCUT2D eigenvalue weighted by Crippen LogP contribution is 2.35. The number of carbonyl (C=O) groups excluding carboxylic acids is 1. The smallest absolute Gasteiger partial charge is 0.311 e. The van der Waals surface area contributed by atoms with Crippen molar-refractivity contribution < 1.29 is 56.9 Å². The maximum absolute atomic E-state index is 12.5. The predicted molar refractivity (Wildman–Crippen MR) is 113 cm³/mol. The van der Waals surface area contributed by atoms with Gasteiger partial charge in [0.2, 0.25) is 9.84 Å². The number of hydrogen-bond acceptors (Lipinski definition) is 6. The average Bonchev–Trinajstić information content (AvgIpc) is 3.21. The number of aromatic nitrogens is 1. The first-order valence-electron chi connectivity index (χ1n) is 9.40. The van der Waals surface area contributed by atoms with Gasteiger partial charge in [-0.05, 0) is 23.8 Å². The van der Waals surface area contributed by atoms with Gasteiger partial charge in [0.1, 0.15) is 5.69 Å².